The normalized spacial score (nSPS) is 10.9. The minimum absolute atomic E-state index is 0.223. The van der Waals surface area contributed by atoms with Gasteiger partial charge in [-0.05, 0) is 103 Å². The molecule has 4 aromatic carbocycles. The summed E-state index contributed by atoms with van der Waals surface area (Å²) in [7, 11) is 0. The van der Waals surface area contributed by atoms with E-state index in [2.05, 4.69) is 10.5 Å². The number of hydrogen-bond acceptors (Lipinski definition) is 7. The number of halogens is 3. The molecule has 210 valence electrons. The van der Waals surface area contributed by atoms with Crippen LogP contribution in [0.4, 0.5) is 0 Å². The van der Waals surface area contributed by atoms with Crippen molar-refractivity contribution in [3.05, 3.63) is 117 Å². The first-order valence-corrected chi connectivity index (χ1v) is 13.4. The second-order valence-corrected chi connectivity index (χ2v) is 9.55. The van der Waals surface area contributed by atoms with E-state index in [1.54, 1.807) is 97.9 Å². The molecule has 0 unspecified atom stereocenters. The summed E-state index contributed by atoms with van der Waals surface area (Å²) >= 11 is 17.8. The highest BCUT2D eigenvalue weighted by atomic mass is 35.5. The number of rotatable bonds is 11. The fraction of sp³-hybridized carbons (Fsp3) is 0.100. The predicted molar refractivity (Wildman–Crippen MR) is 158 cm³/mol. The molecular weight excluding hydrogens is 591 g/mol. The molecule has 0 saturated heterocycles. The van der Waals surface area contributed by atoms with Gasteiger partial charge < -0.3 is 18.9 Å². The van der Waals surface area contributed by atoms with Crippen LogP contribution in [0.25, 0.3) is 0 Å². The van der Waals surface area contributed by atoms with E-state index in [9.17, 15) is 9.59 Å². The van der Waals surface area contributed by atoms with E-state index in [1.807, 2.05) is 0 Å². The molecule has 0 heterocycles. The van der Waals surface area contributed by atoms with Crippen molar-refractivity contribution < 1.29 is 28.5 Å². The van der Waals surface area contributed by atoms with Gasteiger partial charge in [0.05, 0.1) is 18.4 Å². The molecule has 8 nitrogen and oxygen atoms in total. The Labute approximate surface area is 251 Å². The van der Waals surface area contributed by atoms with Crippen LogP contribution in [0, 0.1) is 0 Å². The fourth-order valence-electron chi connectivity index (χ4n) is 3.33. The second-order valence-electron chi connectivity index (χ2n) is 8.25. The number of esters is 1. The van der Waals surface area contributed by atoms with Gasteiger partial charge in [-0.3, -0.25) is 4.79 Å². The van der Waals surface area contributed by atoms with E-state index in [0.717, 1.165) is 0 Å². The van der Waals surface area contributed by atoms with Crippen molar-refractivity contribution in [2.75, 3.05) is 6.61 Å². The molecule has 0 fully saturated rings. The van der Waals surface area contributed by atoms with Crippen LogP contribution in [0.2, 0.25) is 15.1 Å². The number of benzene rings is 4. The van der Waals surface area contributed by atoms with Crippen LogP contribution in [-0.4, -0.2) is 31.0 Å². The highest BCUT2D eigenvalue weighted by molar-refractivity contribution is 6.31. The Hall–Kier alpha value is -4.24. The Balaban J connectivity index is 1.45. The summed E-state index contributed by atoms with van der Waals surface area (Å²) in [6, 6.07) is 24.1. The molecule has 0 bridgehead atoms. The lowest BCUT2D eigenvalue weighted by atomic mass is 10.2. The number of carbonyl (C=O) groups excluding carboxylic acids is 2. The zero-order valence-corrected chi connectivity index (χ0v) is 23.8. The average Bonchev–Trinajstić information content (AvgIpc) is 2.96. The Morgan fingerprint density at radius 1 is 0.780 bits per heavy atom. The molecule has 11 heteroatoms. The van der Waals surface area contributed by atoms with Crippen LogP contribution in [0.15, 0.2) is 96.1 Å². The van der Waals surface area contributed by atoms with Gasteiger partial charge in [0.25, 0.3) is 0 Å². The van der Waals surface area contributed by atoms with Crippen molar-refractivity contribution in [3.63, 3.8) is 0 Å². The first-order chi connectivity index (χ1) is 19.8. The van der Waals surface area contributed by atoms with Crippen LogP contribution in [0.3, 0.4) is 0 Å². The Morgan fingerprint density at radius 3 is 1.85 bits per heavy atom. The molecule has 4 aromatic rings. The largest absolute Gasteiger partial charge is 0.490 e. The van der Waals surface area contributed by atoms with Crippen molar-refractivity contribution in [2.45, 2.75) is 13.2 Å². The zero-order valence-electron chi connectivity index (χ0n) is 21.6. The fourth-order valence-corrected chi connectivity index (χ4v) is 3.71. The van der Waals surface area contributed by atoms with Gasteiger partial charge in [-0.2, -0.15) is 5.10 Å². The lowest BCUT2D eigenvalue weighted by molar-refractivity contribution is -0.140. The van der Waals surface area contributed by atoms with Gasteiger partial charge in [0.15, 0.2) is 11.5 Å². The Morgan fingerprint density at radius 2 is 1.32 bits per heavy atom. The summed E-state index contributed by atoms with van der Waals surface area (Å²) in [4.78, 5) is 25.5. The maximum absolute atomic E-state index is 13.0. The van der Waals surface area contributed by atoms with Crippen LogP contribution in [-0.2, 0) is 4.79 Å². The summed E-state index contributed by atoms with van der Waals surface area (Å²) in [6.07, 6.45) is 0.00971. The third-order valence-corrected chi connectivity index (χ3v) is 6.02. The molecule has 4 rings (SSSR count). The molecule has 0 spiro atoms. The first-order valence-electron chi connectivity index (χ1n) is 12.2. The van der Waals surface area contributed by atoms with Crippen molar-refractivity contribution in [3.8, 4) is 23.0 Å². The molecule has 0 saturated carbocycles. The van der Waals surface area contributed by atoms with Crippen LogP contribution in [0.5, 0.6) is 23.0 Å². The van der Waals surface area contributed by atoms with E-state index in [4.69, 9.17) is 53.8 Å². The van der Waals surface area contributed by atoms with Gasteiger partial charge in [-0.1, -0.05) is 34.8 Å². The van der Waals surface area contributed by atoms with Crippen LogP contribution >= 0.6 is 34.8 Å². The van der Waals surface area contributed by atoms with Gasteiger partial charge in [-0.15, -0.1) is 0 Å². The number of hydrogen-bond donors (Lipinski definition) is 1. The maximum atomic E-state index is 13.0. The van der Waals surface area contributed by atoms with Gasteiger partial charge >= 0.3 is 18.2 Å². The standard InChI is InChI=1S/C30H23Cl3N2O6/c1-2-38-27-17-19(3-16-26(27)41-29(37)20-4-6-21(31)7-5-20)18-34-35-28(36)30(39-24-12-8-22(32)9-13-24)40-25-14-10-23(33)11-15-25/h3-18,30H,2H2,1H3,(H,35,36)/b34-18-. The van der Waals surface area contributed by atoms with Gasteiger partial charge in [0.2, 0.25) is 0 Å². The Kier molecular flexibility index (Phi) is 10.5. The quantitative estimate of drug-likeness (QED) is 0.0632. The molecule has 1 N–H and O–H groups in total. The smallest absolute Gasteiger partial charge is 0.343 e. The van der Waals surface area contributed by atoms with Crippen LogP contribution < -0.4 is 24.4 Å². The molecule has 0 aliphatic rings. The number of ether oxygens (including phenoxy) is 4. The summed E-state index contributed by atoms with van der Waals surface area (Å²) < 4.78 is 22.6. The zero-order chi connectivity index (χ0) is 29.2. The lowest BCUT2D eigenvalue weighted by Gasteiger charge is -2.19. The van der Waals surface area contributed by atoms with Crippen molar-refractivity contribution >= 4 is 52.9 Å². The number of nitrogens with one attached hydrogen (secondary N) is 1. The number of amides is 1. The van der Waals surface area contributed by atoms with E-state index in [0.29, 0.717) is 50.1 Å². The monoisotopic (exact) mass is 612 g/mol. The van der Waals surface area contributed by atoms with E-state index in [-0.39, 0.29) is 5.75 Å². The molecule has 0 aliphatic heterocycles. The van der Waals surface area contributed by atoms with Gasteiger partial charge in [0, 0.05) is 15.1 Å². The third kappa shape index (κ3) is 8.88. The lowest BCUT2D eigenvalue weighted by Crippen LogP contribution is -2.40. The van der Waals surface area contributed by atoms with Crippen LogP contribution in [0.1, 0.15) is 22.8 Å². The maximum Gasteiger partial charge on any atom is 0.343 e. The SMILES string of the molecule is CCOc1cc(/C=N\NC(=O)C(Oc2ccc(Cl)cc2)Oc2ccc(Cl)cc2)ccc1OC(=O)c1ccc(Cl)cc1. The molecule has 0 aliphatic carbocycles. The number of hydrazone groups is 1. The topological polar surface area (TPSA) is 95.5 Å². The van der Waals surface area contributed by atoms with E-state index >= 15 is 0 Å². The minimum atomic E-state index is -1.39. The van der Waals surface area contributed by atoms with E-state index < -0.39 is 18.2 Å². The average molecular weight is 614 g/mol. The highest BCUT2D eigenvalue weighted by Gasteiger charge is 2.23. The number of carbonyl (C=O) groups is 2. The summed E-state index contributed by atoms with van der Waals surface area (Å²) in [5, 5.41) is 5.55. The molecule has 0 aromatic heterocycles. The summed E-state index contributed by atoms with van der Waals surface area (Å²) in [5.74, 6) is 0.0180. The second kappa shape index (κ2) is 14.4. The highest BCUT2D eigenvalue weighted by Crippen LogP contribution is 2.29. The van der Waals surface area contributed by atoms with Gasteiger partial charge in [0.1, 0.15) is 11.5 Å². The van der Waals surface area contributed by atoms with E-state index in [1.165, 1.54) is 6.21 Å². The van der Waals surface area contributed by atoms with Crippen molar-refractivity contribution in [2.24, 2.45) is 5.10 Å². The van der Waals surface area contributed by atoms with Gasteiger partial charge in [-0.25, -0.2) is 10.2 Å². The van der Waals surface area contributed by atoms with Crippen molar-refractivity contribution in [1.82, 2.24) is 5.43 Å². The molecule has 0 radical (unpaired) electrons. The predicted octanol–water partition coefficient (Wildman–Crippen LogP) is 7.20. The number of nitrogens with zero attached hydrogens (tertiary/aromatic N) is 1. The minimum Gasteiger partial charge on any atom is -0.490 e. The molecule has 1 amide bonds. The third-order valence-electron chi connectivity index (χ3n) is 5.27. The van der Waals surface area contributed by atoms with Crippen molar-refractivity contribution in [1.29, 1.82) is 0 Å². The molecule has 0 atom stereocenters. The first kappa shape index (κ1) is 29.7. The molecule has 41 heavy (non-hydrogen) atoms. The Bertz CT molecular complexity index is 1460. The molecular formula is C30H23Cl3N2O6. The summed E-state index contributed by atoms with van der Waals surface area (Å²) in [6.45, 7) is 2.13. The summed E-state index contributed by atoms with van der Waals surface area (Å²) in [5.41, 5.74) is 3.31.